The van der Waals surface area contributed by atoms with Crippen molar-refractivity contribution in [3.63, 3.8) is 0 Å². The highest BCUT2D eigenvalue weighted by molar-refractivity contribution is 7.33. The summed E-state index contributed by atoms with van der Waals surface area (Å²) in [4.78, 5) is 25.0. The van der Waals surface area contributed by atoms with E-state index in [1.807, 2.05) is 6.07 Å². The Morgan fingerprint density at radius 1 is 1.21 bits per heavy atom. The maximum Gasteiger partial charge on any atom is 0.750 e. The molecule has 1 aliphatic rings. The van der Waals surface area contributed by atoms with Gasteiger partial charge in [-0.05, 0) is 25.0 Å². The lowest BCUT2D eigenvalue weighted by Crippen LogP contribution is -2.31. The first kappa shape index (κ1) is 16.6. The van der Waals surface area contributed by atoms with Crippen LogP contribution in [0.3, 0.4) is 0 Å². The number of hydrogen-bond donors (Lipinski definition) is 1. The summed E-state index contributed by atoms with van der Waals surface area (Å²) in [6, 6.07) is 9.99. The lowest BCUT2D eigenvalue weighted by Gasteiger charge is -2.13. The SMILES string of the molecule is O=c1ccn(C2CCC(CO[P+](=O)Oc3ccccc3)O2)c(=O)[nH]1. The van der Waals surface area contributed by atoms with Crippen molar-refractivity contribution in [3.8, 4) is 5.75 Å². The topological polar surface area (TPSA) is 99.6 Å². The van der Waals surface area contributed by atoms with Crippen molar-refractivity contribution >= 4 is 8.25 Å². The molecule has 1 aliphatic heterocycles. The summed E-state index contributed by atoms with van der Waals surface area (Å²) in [7, 11) is -2.30. The molecule has 3 atom stereocenters. The van der Waals surface area contributed by atoms with E-state index in [2.05, 4.69) is 4.98 Å². The number of nitrogens with one attached hydrogen (secondary N) is 1. The summed E-state index contributed by atoms with van der Waals surface area (Å²) < 4.78 is 29.1. The number of aromatic nitrogens is 2. The highest BCUT2D eigenvalue weighted by Gasteiger charge is 2.31. The first-order valence-corrected chi connectivity index (χ1v) is 8.51. The van der Waals surface area contributed by atoms with Crippen LogP contribution in [-0.2, 0) is 13.8 Å². The van der Waals surface area contributed by atoms with Crippen molar-refractivity contribution in [2.75, 3.05) is 6.61 Å². The van der Waals surface area contributed by atoms with Gasteiger partial charge in [0.25, 0.3) is 5.56 Å². The molecule has 9 heteroatoms. The number of ether oxygens (including phenoxy) is 1. The normalized spacial score (nSPS) is 20.8. The number of benzene rings is 1. The maximum atomic E-state index is 11.8. The molecule has 3 rings (SSSR count). The number of aromatic amines is 1. The minimum absolute atomic E-state index is 0.0939. The zero-order valence-corrected chi connectivity index (χ0v) is 13.6. The lowest BCUT2D eigenvalue weighted by molar-refractivity contribution is -0.0201. The molecule has 2 aromatic rings. The second-order valence-corrected chi connectivity index (χ2v) is 6.12. The molecule has 8 nitrogen and oxygen atoms in total. The molecule has 0 aliphatic carbocycles. The fourth-order valence-corrected chi connectivity index (χ4v) is 3.04. The second kappa shape index (κ2) is 7.53. The number of rotatable bonds is 6. The van der Waals surface area contributed by atoms with Crippen LogP contribution in [0, 0.1) is 0 Å². The van der Waals surface area contributed by atoms with Gasteiger partial charge in [-0.3, -0.25) is 14.3 Å². The van der Waals surface area contributed by atoms with E-state index < -0.39 is 25.7 Å². The molecule has 0 amide bonds. The standard InChI is InChI=1S/C15H15N2O6P/c18-13-8-9-17(15(19)16-13)14-7-6-12(22-14)10-21-24(20)23-11-4-2-1-3-5-11/h1-5,8-9,12,14H,6-7,10H2/p+1. The third-order valence-corrected chi connectivity index (χ3v) is 4.26. The van der Waals surface area contributed by atoms with Crippen LogP contribution in [0.25, 0.3) is 0 Å². The van der Waals surface area contributed by atoms with Gasteiger partial charge >= 0.3 is 13.9 Å². The Morgan fingerprint density at radius 2 is 2.00 bits per heavy atom. The minimum atomic E-state index is -2.30. The first-order valence-electron chi connectivity index (χ1n) is 7.42. The zero-order chi connectivity index (χ0) is 16.9. The quantitative estimate of drug-likeness (QED) is 0.799. The predicted molar refractivity (Wildman–Crippen MR) is 85.1 cm³/mol. The van der Waals surface area contributed by atoms with E-state index in [0.29, 0.717) is 18.6 Å². The Labute approximate surface area is 137 Å². The smallest absolute Gasteiger partial charge is 0.352 e. The molecule has 24 heavy (non-hydrogen) atoms. The van der Waals surface area contributed by atoms with Crippen LogP contribution in [0.2, 0.25) is 0 Å². The van der Waals surface area contributed by atoms with Gasteiger partial charge in [-0.1, -0.05) is 18.2 Å². The van der Waals surface area contributed by atoms with Gasteiger partial charge in [0.15, 0.2) is 5.75 Å². The molecule has 126 valence electrons. The van der Waals surface area contributed by atoms with Gasteiger partial charge in [-0.2, -0.15) is 0 Å². The van der Waals surface area contributed by atoms with Crippen LogP contribution in [0.4, 0.5) is 0 Å². The molecule has 0 saturated carbocycles. The molecule has 0 radical (unpaired) electrons. The Kier molecular flexibility index (Phi) is 5.20. The van der Waals surface area contributed by atoms with E-state index in [-0.39, 0.29) is 12.7 Å². The van der Waals surface area contributed by atoms with Crippen molar-refractivity contribution in [1.29, 1.82) is 0 Å². The largest absolute Gasteiger partial charge is 0.750 e. The van der Waals surface area contributed by atoms with E-state index in [4.69, 9.17) is 13.8 Å². The summed E-state index contributed by atoms with van der Waals surface area (Å²) in [6.07, 6.45) is 1.86. The summed E-state index contributed by atoms with van der Waals surface area (Å²) in [6.45, 7) is 0.0939. The van der Waals surface area contributed by atoms with Crippen LogP contribution >= 0.6 is 8.25 Å². The summed E-state index contributed by atoms with van der Waals surface area (Å²) in [5.41, 5.74) is -0.975. The highest BCUT2D eigenvalue weighted by atomic mass is 31.1. The molecule has 3 unspecified atom stereocenters. The Bertz CT molecular complexity index is 818. The molecule has 0 bridgehead atoms. The van der Waals surface area contributed by atoms with Crippen LogP contribution in [-0.4, -0.2) is 22.3 Å². The van der Waals surface area contributed by atoms with Crippen LogP contribution < -0.4 is 15.8 Å². The highest BCUT2D eigenvalue weighted by Crippen LogP contribution is 2.31. The van der Waals surface area contributed by atoms with Gasteiger partial charge in [0.1, 0.15) is 12.8 Å². The van der Waals surface area contributed by atoms with E-state index in [9.17, 15) is 14.2 Å². The van der Waals surface area contributed by atoms with Crippen molar-refractivity contribution < 1.29 is 18.3 Å². The Hall–Kier alpha value is -2.28. The number of H-pyrrole nitrogens is 1. The lowest BCUT2D eigenvalue weighted by atomic mass is 10.2. The molecular formula is C15H16N2O6P+. The molecule has 1 aromatic heterocycles. The van der Waals surface area contributed by atoms with Crippen molar-refractivity contribution in [2.45, 2.75) is 25.2 Å². The van der Waals surface area contributed by atoms with Crippen LogP contribution in [0.1, 0.15) is 19.1 Å². The average Bonchev–Trinajstić information content (AvgIpc) is 3.02. The third-order valence-electron chi connectivity index (χ3n) is 3.54. The molecule has 1 N–H and O–H groups in total. The molecular weight excluding hydrogens is 335 g/mol. The van der Waals surface area contributed by atoms with Crippen molar-refractivity contribution in [3.05, 3.63) is 63.4 Å². The van der Waals surface area contributed by atoms with Gasteiger partial charge in [0, 0.05) is 16.8 Å². The van der Waals surface area contributed by atoms with Crippen LogP contribution in [0.5, 0.6) is 5.75 Å². The fourth-order valence-electron chi connectivity index (χ4n) is 2.41. The zero-order valence-electron chi connectivity index (χ0n) is 12.7. The van der Waals surface area contributed by atoms with Crippen LogP contribution in [0.15, 0.2) is 52.2 Å². The molecule has 0 spiro atoms. The monoisotopic (exact) mass is 351 g/mol. The molecule has 1 fully saturated rings. The number of para-hydroxylation sites is 1. The summed E-state index contributed by atoms with van der Waals surface area (Å²) in [5, 5.41) is 0. The van der Waals surface area contributed by atoms with Gasteiger partial charge in [0.05, 0.1) is 6.10 Å². The first-order chi connectivity index (χ1) is 11.6. The second-order valence-electron chi connectivity index (χ2n) is 5.23. The Morgan fingerprint density at radius 3 is 2.75 bits per heavy atom. The Balaban J connectivity index is 1.50. The predicted octanol–water partition coefficient (Wildman–Crippen LogP) is 1.97. The summed E-state index contributed by atoms with van der Waals surface area (Å²) in [5.74, 6) is 0.462. The average molecular weight is 351 g/mol. The minimum Gasteiger partial charge on any atom is -0.352 e. The maximum absolute atomic E-state index is 11.8. The van der Waals surface area contributed by atoms with E-state index >= 15 is 0 Å². The molecule has 1 saturated heterocycles. The molecule has 1 aromatic carbocycles. The number of nitrogens with zero attached hydrogens (tertiary/aromatic N) is 1. The fraction of sp³-hybridized carbons (Fsp3) is 0.333. The molecule has 2 heterocycles. The van der Waals surface area contributed by atoms with Gasteiger partial charge < -0.3 is 4.74 Å². The van der Waals surface area contributed by atoms with Crippen molar-refractivity contribution in [1.82, 2.24) is 9.55 Å². The number of hydrogen-bond acceptors (Lipinski definition) is 6. The van der Waals surface area contributed by atoms with E-state index in [1.54, 1.807) is 24.3 Å². The van der Waals surface area contributed by atoms with Crippen molar-refractivity contribution in [2.24, 2.45) is 0 Å². The van der Waals surface area contributed by atoms with Gasteiger partial charge in [-0.25, -0.2) is 9.32 Å². The summed E-state index contributed by atoms with van der Waals surface area (Å²) >= 11 is 0. The van der Waals surface area contributed by atoms with E-state index in [0.717, 1.165) is 0 Å². The van der Waals surface area contributed by atoms with E-state index in [1.165, 1.54) is 16.8 Å². The third kappa shape index (κ3) is 4.17. The van der Waals surface area contributed by atoms with Gasteiger partial charge in [-0.15, -0.1) is 4.52 Å². The van der Waals surface area contributed by atoms with Gasteiger partial charge in [0.2, 0.25) is 0 Å².